The summed E-state index contributed by atoms with van der Waals surface area (Å²) in [4.78, 5) is 41.3. The Kier molecular flexibility index (Phi) is 5.93. The number of carbonyl (C=O) groups excluding carboxylic acids is 1. The number of hydrogen-bond donors (Lipinski definition) is 1. The molecule has 38 heavy (non-hydrogen) atoms. The summed E-state index contributed by atoms with van der Waals surface area (Å²) in [7, 11) is 2.84. The third-order valence-corrected chi connectivity index (χ3v) is 5.93. The lowest BCUT2D eigenvalue weighted by Gasteiger charge is -2.08. The van der Waals surface area contributed by atoms with Crippen molar-refractivity contribution < 1.29 is 18.0 Å². The lowest BCUT2D eigenvalue weighted by Crippen LogP contribution is -2.37. The molecule has 0 fully saturated rings. The van der Waals surface area contributed by atoms with Crippen LogP contribution in [-0.4, -0.2) is 39.6 Å². The van der Waals surface area contributed by atoms with Crippen LogP contribution in [0.5, 0.6) is 0 Å². The second kappa shape index (κ2) is 9.14. The molecule has 0 spiro atoms. The van der Waals surface area contributed by atoms with Gasteiger partial charge in [-0.2, -0.15) is 13.2 Å². The SMILES string of the molecule is Cn1c(=O)c2c(ncn2CC(=O)Nc2ccc(-c3cn(-c4cccc(C(F)(F)F)c4)nn3)cc2)n(C)c1=O. The first-order chi connectivity index (χ1) is 18.0. The Balaban J connectivity index is 1.31. The molecule has 0 radical (unpaired) electrons. The fourth-order valence-electron chi connectivity index (χ4n) is 3.94. The van der Waals surface area contributed by atoms with Gasteiger partial charge in [0.05, 0.1) is 23.8 Å². The van der Waals surface area contributed by atoms with E-state index in [-0.39, 0.29) is 23.4 Å². The summed E-state index contributed by atoms with van der Waals surface area (Å²) in [6.07, 6.45) is -1.65. The van der Waals surface area contributed by atoms with Gasteiger partial charge in [0.2, 0.25) is 5.91 Å². The van der Waals surface area contributed by atoms with Crippen molar-refractivity contribution in [2.45, 2.75) is 12.7 Å². The van der Waals surface area contributed by atoms with Crippen molar-refractivity contribution in [2.24, 2.45) is 14.1 Å². The van der Waals surface area contributed by atoms with Crippen LogP contribution >= 0.6 is 0 Å². The van der Waals surface area contributed by atoms with E-state index in [1.54, 1.807) is 24.3 Å². The van der Waals surface area contributed by atoms with Crippen molar-refractivity contribution in [1.29, 1.82) is 0 Å². The number of anilines is 1. The molecular formula is C24H19F3N8O3. The lowest BCUT2D eigenvalue weighted by molar-refractivity contribution is -0.137. The summed E-state index contributed by atoms with van der Waals surface area (Å²) in [6, 6.07) is 11.4. The number of nitrogens with one attached hydrogen (secondary N) is 1. The number of rotatable bonds is 5. The van der Waals surface area contributed by atoms with E-state index in [2.05, 4.69) is 20.6 Å². The molecule has 14 heteroatoms. The van der Waals surface area contributed by atoms with Gasteiger partial charge in [0.25, 0.3) is 5.56 Å². The molecule has 0 saturated heterocycles. The van der Waals surface area contributed by atoms with Crippen LogP contribution in [0.1, 0.15) is 5.56 Å². The fraction of sp³-hybridized carbons (Fsp3) is 0.167. The second-order valence-electron chi connectivity index (χ2n) is 8.47. The highest BCUT2D eigenvalue weighted by atomic mass is 19.4. The van der Waals surface area contributed by atoms with E-state index in [4.69, 9.17) is 0 Å². The number of fused-ring (bicyclic) bond motifs is 1. The van der Waals surface area contributed by atoms with Gasteiger partial charge in [0.15, 0.2) is 11.2 Å². The molecule has 1 N–H and O–H groups in total. The normalized spacial score (nSPS) is 11.7. The highest BCUT2D eigenvalue weighted by Gasteiger charge is 2.30. The lowest BCUT2D eigenvalue weighted by atomic mass is 10.1. The molecule has 2 aromatic carbocycles. The number of aromatic nitrogens is 7. The van der Waals surface area contributed by atoms with Gasteiger partial charge in [-0.1, -0.05) is 23.4 Å². The molecule has 0 aliphatic rings. The molecule has 0 saturated carbocycles. The number of amides is 1. The minimum Gasteiger partial charge on any atom is -0.325 e. The maximum atomic E-state index is 13.0. The zero-order chi connectivity index (χ0) is 27.2. The minimum absolute atomic E-state index is 0.129. The summed E-state index contributed by atoms with van der Waals surface area (Å²) < 4.78 is 43.8. The number of imidazole rings is 1. The average molecular weight is 524 g/mol. The highest BCUT2D eigenvalue weighted by Crippen LogP contribution is 2.30. The number of aryl methyl sites for hydroxylation is 1. The van der Waals surface area contributed by atoms with E-state index < -0.39 is 28.9 Å². The quantitative estimate of drug-likeness (QED) is 0.377. The summed E-state index contributed by atoms with van der Waals surface area (Å²) in [5.41, 5.74) is 0.164. The monoisotopic (exact) mass is 524 g/mol. The molecule has 5 aromatic rings. The first kappa shape index (κ1) is 24.7. The number of nitrogens with zero attached hydrogens (tertiary/aromatic N) is 7. The molecule has 1 amide bonds. The standard InChI is InChI=1S/C24H19F3N8O3/c1-32-21-20(22(37)33(2)23(32)38)34(13-28-21)12-19(36)29-16-8-6-14(7-9-16)18-11-35(31-30-18)17-5-3-4-15(10-17)24(25,26)27/h3-11,13H,12H2,1-2H3,(H,29,36). The van der Waals surface area contributed by atoms with Gasteiger partial charge in [0, 0.05) is 25.3 Å². The molecule has 0 atom stereocenters. The van der Waals surface area contributed by atoms with E-state index in [0.717, 1.165) is 16.7 Å². The Labute approximate surface area is 211 Å². The highest BCUT2D eigenvalue weighted by molar-refractivity contribution is 5.91. The van der Waals surface area contributed by atoms with Crippen LogP contribution in [0.15, 0.2) is 70.6 Å². The summed E-state index contributed by atoms with van der Waals surface area (Å²) >= 11 is 0. The van der Waals surface area contributed by atoms with E-state index in [0.29, 0.717) is 16.9 Å². The molecule has 0 bridgehead atoms. The molecular weight excluding hydrogens is 505 g/mol. The van der Waals surface area contributed by atoms with E-state index in [1.165, 1.54) is 52.6 Å². The van der Waals surface area contributed by atoms with E-state index in [9.17, 15) is 27.6 Å². The van der Waals surface area contributed by atoms with Gasteiger partial charge in [-0.05, 0) is 30.3 Å². The largest absolute Gasteiger partial charge is 0.416 e. The van der Waals surface area contributed by atoms with Gasteiger partial charge in [0.1, 0.15) is 12.2 Å². The molecule has 5 rings (SSSR count). The molecule has 0 unspecified atom stereocenters. The number of alkyl halides is 3. The number of halogens is 3. The molecule has 3 heterocycles. The molecule has 3 aromatic heterocycles. The first-order valence-corrected chi connectivity index (χ1v) is 11.1. The van der Waals surface area contributed by atoms with E-state index >= 15 is 0 Å². The summed E-state index contributed by atoms with van der Waals surface area (Å²) in [6.45, 7) is -0.211. The van der Waals surface area contributed by atoms with Gasteiger partial charge < -0.3 is 9.88 Å². The maximum absolute atomic E-state index is 13.0. The Hall–Kier alpha value is -5.01. The van der Waals surface area contributed by atoms with Crippen LogP contribution in [0.2, 0.25) is 0 Å². The summed E-state index contributed by atoms with van der Waals surface area (Å²) in [5, 5.41) is 10.7. The Morgan fingerprint density at radius 3 is 2.47 bits per heavy atom. The zero-order valence-corrected chi connectivity index (χ0v) is 20.0. The van der Waals surface area contributed by atoms with Crippen molar-refractivity contribution in [3.05, 3.63) is 87.5 Å². The average Bonchev–Trinajstić information content (AvgIpc) is 3.54. The third kappa shape index (κ3) is 4.47. The van der Waals surface area contributed by atoms with Crippen LogP contribution in [-0.2, 0) is 31.6 Å². The number of carbonyl (C=O) groups is 1. The molecule has 0 aliphatic carbocycles. The van der Waals surface area contributed by atoms with Gasteiger partial charge in [-0.25, -0.2) is 14.5 Å². The van der Waals surface area contributed by atoms with Crippen molar-refractivity contribution in [3.63, 3.8) is 0 Å². The van der Waals surface area contributed by atoms with Crippen LogP contribution in [0, 0.1) is 0 Å². The van der Waals surface area contributed by atoms with Crippen molar-refractivity contribution in [3.8, 4) is 16.9 Å². The third-order valence-electron chi connectivity index (χ3n) is 5.93. The van der Waals surface area contributed by atoms with Crippen molar-refractivity contribution in [1.82, 2.24) is 33.7 Å². The van der Waals surface area contributed by atoms with Crippen LogP contribution in [0.4, 0.5) is 18.9 Å². The van der Waals surface area contributed by atoms with Crippen molar-refractivity contribution >= 4 is 22.8 Å². The van der Waals surface area contributed by atoms with Crippen molar-refractivity contribution in [2.75, 3.05) is 5.32 Å². The van der Waals surface area contributed by atoms with Crippen LogP contribution < -0.4 is 16.6 Å². The minimum atomic E-state index is -4.47. The zero-order valence-electron chi connectivity index (χ0n) is 20.0. The Bertz CT molecular complexity index is 1800. The van der Waals surface area contributed by atoms with Crippen LogP contribution in [0.25, 0.3) is 28.1 Å². The molecule has 194 valence electrons. The number of hydrogen-bond acceptors (Lipinski definition) is 6. The fourth-order valence-corrected chi connectivity index (χ4v) is 3.94. The maximum Gasteiger partial charge on any atom is 0.416 e. The first-order valence-electron chi connectivity index (χ1n) is 11.1. The van der Waals surface area contributed by atoms with Gasteiger partial charge >= 0.3 is 11.9 Å². The summed E-state index contributed by atoms with van der Waals surface area (Å²) in [5.74, 6) is -0.427. The van der Waals surface area contributed by atoms with Gasteiger partial charge in [-0.15, -0.1) is 5.10 Å². The second-order valence-corrected chi connectivity index (χ2v) is 8.47. The predicted octanol–water partition coefficient (Wildman–Crippen LogP) is 2.34. The Morgan fingerprint density at radius 1 is 1.03 bits per heavy atom. The smallest absolute Gasteiger partial charge is 0.325 e. The Morgan fingerprint density at radius 2 is 1.76 bits per heavy atom. The number of benzene rings is 2. The van der Waals surface area contributed by atoms with Gasteiger partial charge in [-0.3, -0.25) is 18.7 Å². The predicted molar refractivity (Wildman–Crippen MR) is 131 cm³/mol. The van der Waals surface area contributed by atoms with E-state index in [1.807, 2.05) is 0 Å². The topological polar surface area (TPSA) is 122 Å². The molecule has 11 nitrogen and oxygen atoms in total. The van der Waals surface area contributed by atoms with Crippen LogP contribution in [0.3, 0.4) is 0 Å². The molecule has 0 aliphatic heterocycles.